The third-order valence-electron chi connectivity index (χ3n) is 5.06. The van der Waals surface area contributed by atoms with E-state index in [9.17, 15) is 4.79 Å². The Morgan fingerprint density at radius 3 is 2.76 bits per heavy atom. The van der Waals surface area contributed by atoms with Crippen LogP contribution in [0.3, 0.4) is 0 Å². The molecule has 3 rings (SSSR count). The van der Waals surface area contributed by atoms with Gasteiger partial charge in [0.1, 0.15) is 5.76 Å². The Hall–Kier alpha value is -2.14. The summed E-state index contributed by atoms with van der Waals surface area (Å²) in [6.45, 7) is 8.25. The predicted molar refractivity (Wildman–Crippen MR) is 97.2 cm³/mol. The quantitative estimate of drug-likeness (QED) is 0.876. The van der Waals surface area contributed by atoms with Gasteiger partial charge in [-0.1, -0.05) is 36.3 Å². The summed E-state index contributed by atoms with van der Waals surface area (Å²) in [6.07, 6.45) is 2.40. The van der Waals surface area contributed by atoms with Gasteiger partial charge in [-0.25, -0.2) is 0 Å². The highest BCUT2D eigenvalue weighted by atomic mass is 16.5. The van der Waals surface area contributed by atoms with E-state index in [4.69, 9.17) is 4.52 Å². The maximum Gasteiger partial charge on any atom is 0.224 e. The fraction of sp³-hybridized carbons (Fsp3) is 0.500. The maximum absolute atomic E-state index is 12.6. The summed E-state index contributed by atoms with van der Waals surface area (Å²) in [7, 11) is 0. The van der Waals surface area contributed by atoms with Gasteiger partial charge in [-0.2, -0.15) is 0 Å². The fourth-order valence-corrected chi connectivity index (χ4v) is 3.66. The molecule has 0 spiro atoms. The van der Waals surface area contributed by atoms with Crippen LogP contribution in [0.1, 0.15) is 54.0 Å². The lowest BCUT2D eigenvalue weighted by Gasteiger charge is -2.29. The van der Waals surface area contributed by atoms with Gasteiger partial charge in [0.2, 0.25) is 5.91 Å². The molecule has 1 aliphatic heterocycles. The monoisotopic (exact) mass is 341 g/mol. The van der Waals surface area contributed by atoms with Crippen LogP contribution in [0.2, 0.25) is 0 Å². The number of nitrogens with one attached hydrogen (secondary N) is 1. The highest BCUT2D eigenvalue weighted by Crippen LogP contribution is 2.24. The van der Waals surface area contributed by atoms with Crippen LogP contribution in [-0.4, -0.2) is 29.1 Å². The summed E-state index contributed by atoms with van der Waals surface area (Å²) in [6, 6.07) is 8.58. The number of benzene rings is 1. The molecule has 1 N–H and O–H groups in total. The third kappa shape index (κ3) is 3.93. The van der Waals surface area contributed by atoms with Crippen LogP contribution >= 0.6 is 0 Å². The van der Waals surface area contributed by atoms with Crippen LogP contribution in [0.5, 0.6) is 0 Å². The smallest absolute Gasteiger partial charge is 0.224 e. The zero-order valence-electron chi connectivity index (χ0n) is 15.3. The van der Waals surface area contributed by atoms with Gasteiger partial charge < -0.3 is 14.7 Å². The molecule has 0 saturated carbocycles. The van der Waals surface area contributed by atoms with Gasteiger partial charge in [-0.05, 0) is 37.8 Å². The number of rotatable bonds is 6. The van der Waals surface area contributed by atoms with Crippen LogP contribution in [0, 0.1) is 13.8 Å². The standard InChI is InChI=1S/C20H27N3O2/c1-4-18(20-14(2)22-25-15(20)3)21-11-9-19(24)23-12-10-16-7-5-6-8-17(16)13-23/h5-8,18,21H,4,9-13H2,1-3H3/t18-/m0/s1. The summed E-state index contributed by atoms with van der Waals surface area (Å²) < 4.78 is 5.27. The van der Waals surface area contributed by atoms with Crippen LogP contribution in [-0.2, 0) is 17.8 Å². The van der Waals surface area contributed by atoms with Crippen molar-refractivity contribution in [1.29, 1.82) is 0 Å². The normalized spacial score (nSPS) is 15.1. The second kappa shape index (κ2) is 7.83. The van der Waals surface area contributed by atoms with Crippen molar-refractivity contribution in [3.05, 3.63) is 52.4 Å². The summed E-state index contributed by atoms with van der Waals surface area (Å²) in [4.78, 5) is 14.5. The van der Waals surface area contributed by atoms with Crippen LogP contribution in [0.15, 0.2) is 28.8 Å². The number of aromatic nitrogens is 1. The molecule has 0 radical (unpaired) electrons. The number of amides is 1. The van der Waals surface area contributed by atoms with Crippen molar-refractivity contribution in [1.82, 2.24) is 15.4 Å². The molecule has 0 bridgehead atoms. The molecule has 1 aromatic carbocycles. The van der Waals surface area contributed by atoms with Crippen LogP contribution in [0.4, 0.5) is 0 Å². The Morgan fingerprint density at radius 2 is 2.08 bits per heavy atom. The highest BCUT2D eigenvalue weighted by Gasteiger charge is 2.22. The minimum Gasteiger partial charge on any atom is -0.361 e. The van der Waals surface area contributed by atoms with E-state index in [-0.39, 0.29) is 11.9 Å². The van der Waals surface area contributed by atoms with Gasteiger partial charge in [-0.15, -0.1) is 0 Å². The molecule has 25 heavy (non-hydrogen) atoms. The number of hydrogen-bond donors (Lipinski definition) is 1. The SMILES string of the molecule is CC[C@H](NCCC(=O)N1CCc2ccccc2C1)c1c(C)noc1C. The second-order valence-electron chi connectivity index (χ2n) is 6.74. The molecule has 5 nitrogen and oxygen atoms in total. The van der Waals surface area contributed by atoms with Crippen molar-refractivity contribution < 1.29 is 9.32 Å². The minimum atomic E-state index is 0.182. The summed E-state index contributed by atoms with van der Waals surface area (Å²) in [5.41, 5.74) is 4.70. The van der Waals surface area contributed by atoms with Crippen molar-refractivity contribution >= 4 is 5.91 Å². The topological polar surface area (TPSA) is 58.4 Å². The van der Waals surface area contributed by atoms with E-state index in [0.29, 0.717) is 13.0 Å². The van der Waals surface area contributed by atoms with E-state index < -0.39 is 0 Å². The molecule has 2 heterocycles. The number of carbonyl (C=O) groups is 1. The number of nitrogens with zero attached hydrogens (tertiary/aromatic N) is 2. The van der Waals surface area contributed by atoms with Gasteiger partial charge in [0.05, 0.1) is 5.69 Å². The van der Waals surface area contributed by atoms with Crippen LogP contribution < -0.4 is 5.32 Å². The van der Waals surface area contributed by atoms with Gasteiger partial charge in [0.15, 0.2) is 0 Å². The first-order chi connectivity index (χ1) is 12.1. The minimum absolute atomic E-state index is 0.182. The molecule has 1 amide bonds. The third-order valence-corrected chi connectivity index (χ3v) is 5.06. The van der Waals surface area contributed by atoms with E-state index in [1.54, 1.807) is 0 Å². The number of carbonyl (C=O) groups excluding carboxylic acids is 1. The largest absolute Gasteiger partial charge is 0.361 e. The highest BCUT2D eigenvalue weighted by molar-refractivity contribution is 5.76. The lowest BCUT2D eigenvalue weighted by atomic mass is 9.99. The van der Waals surface area contributed by atoms with Crippen LogP contribution in [0.25, 0.3) is 0 Å². The predicted octanol–water partition coefficient (Wildman–Crippen LogP) is 3.31. The Balaban J connectivity index is 1.53. The van der Waals surface area contributed by atoms with Gasteiger partial charge in [0.25, 0.3) is 0 Å². The lowest BCUT2D eigenvalue weighted by molar-refractivity contribution is -0.132. The summed E-state index contributed by atoms with van der Waals surface area (Å²) in [5.74, 6) is 1.08. The Kier molecular flexibility index (Phi) is 5.53. The van der Waals surface area contributed by atoms with E-state index in [1.165, 1.54) is 11.1 Å². The molecular weight excluding hydrogens is 314 g/mol. The van der Waals surface area contributed by atoms with E-state index in [0.717, 1.165) is 42.9 Å². The van der Waals surface area contributed by atoms with E-state index in [1.807, 2.05) is 24.8 Å². The zero-order chi connectivity index (χ0) is 17.8. The Labute approximate surface area is 149 Å². The molecule has 5 heteroatoms. The van der Waals surface area contributed by atoms with Crippen molar-refractivity contribution in [3.63, 3.8) is 0 Å². The first kappa shape index (κ1) is 17.7. The molecule has 1 aliphatic rings. The van der Waals surface area contributed by atoms with Gasteiger partial charge in [-0.3, -0.25) is 4.79 Å². The van der Waals surface area contributed by atoms with Crippen molar-refractivity contribution in [3.8, 4) is 0 Å². The molecular formula is C20H27N3O2. The van der Waals surface area contributed by atoms with Gasteiger partial charge in [0, 0.05) is 37.7 Å². The van der Waals surface area contributed by atoms with Gasteiger partial charge >= 0.3 is 0 Å². The zero-order valence-corrected chi connectivity index (χ0v) is 15.3. The molecule has 0 aliphatic carbocycles. The molecule has 134 valence electrons. The number of aryl methyl sites for hydroxylation is 2. The summed E-state index contributed by atoms with van der Waals surface area (Å²) >= 11 is 0. The van der Waals surface area contributed by atoms with Crippen molar-refractivity contribution in [2.24, 2.45) is 0 Å². The van der Waals surface area contributed by atoms with E-state index in [2.05, 4.69) is 35.6 Å². The number of fused-ring (bicyclic) bond motifs is 1. The lowest BCUT2D eigenvalue weighted by Crippen LogP contribution is -2.37. The first-order valence-corrected chi connectivity index (χ1v) is 9.10. The van der Waals surface area contributed by atoms with Crippen molar-refractivity contribution in [2.45, 2.75) is 52.6 Å². The first-order valence-electron chi connectivity index (χ1n) is 9.10. The molecule has 1 atom stereocenters. The molecule has 0 fully saturated rings. The average molecular weight is 341 g/mol. The summed E-state index contributed by atoms with van der Waals surface area (Å²) in [5, 5.41) is 7.53. The Bertz CT molecular complexity index is 719. The van der Waals surface area contributed by atoms with E-state index >= 15 is 0 Å². The molecule has 1 aromatic heterocycles. The molecule has 0 unspecified atom stereocenters. The fourth-order valence-electron chi connectivity index (χ4n) is 3.66. The maximum atomic E-state index is 12.6. The Morgan fingerprint density at radius 1 is 1.32 bits per heavy atom. The second-order valence-corrected chi connectivity index (χ2v) is 6.74. The average Bonchev–Trinajstić information content (AvgIpc) is 2.97. The molecule has 2 aromatic rings. The van der Waals surface area contributed by atoms with Crippen molar-refractivity contribution in [2.75, 3.05) is 13.1 Å². The molecule has 0 saturated heterocycles. The number of hydrogen-bond acceptors (Lipinski definition) is 4.